The summed E-state index contributed by atoms with van der Waals surface area (Å²) in [5, 5.41) is 2.78. The van der Waals surface area contributed by atoms with Crippen molar-refractivity contribution in [2.24, 2.45) is 0 Å². The molecule has 0 aliphatic heterocycles. The van der Waals surface area contributed by atoms with Gasteiger partial charge >= 0.3 is 0 Å². The van der Waals surface area contributed by atoms with Gasteiger partial charge in [0.15, 0.2) is 9.84 Å². The number of anilines is 1. The van der Waals surface area contributed by atoms with Crippen molar-refractivity contribution in [2.45, 2.75) is 23.1 Å². The number of rotatable bonds is 8. The summed E-state index contributed by atoms with van der Waals surface area (Å²) in [7, 11) is -1.60. The molecular weight excluding hydrogens is 358 g/mol. The third-order valence-corrected chi connectivity index (χ3v) is 6.30. The molecule has 0 fully saturated rings. The molecule has 5 nitrogen and oxygen atoms in total. The van der Waals surface area contributed by atoms with Crippen LogP contribution in [0.15, 0.2) is 58.3 Å². The molecule has 0 unspecified atom stereocenters. The molecule has 0 saturated heterocycles. The predicted molar refractivity (Wildman–Crippen MR) is 101 cm³/mol. The van der Waals surface area contributed by atoms with Crippen molar-refractivity contribution >= 4 is 33.2 Å². The van der Waals surface area contributed by atoms with E-state index in [9.17, 15) is 13.2 Å². The number of carbonyl (C=O) groups is 1. The first-order valence-electron chi connectivity index (χ1n) is 7.84. The van der Waals surface area contributed by atoms with Gasteiger partial charge in [0, 0.05) is 22.8 Å². The van der Waals surface area contributed by atoms with Crippen LogP contribution in [0.2, 0.25) is 0 Å². The smallest absolute Gasteiger partial charge is 0.225 e. The molecule has 0 aliphatic carbocycles. The van der Waals surface area contributed by atoms with Gasteiger partial charge in [-0.3, -0.25) is 4.79 Å². The number of nitrogens with one attached hydrogen (secondary N) is 1. The van der Waals surface area contributed by atoms with E-state index < -0.39 is 9.84 Å². The number of thioether (sulfide) groups is 1. The van der Waals surface area contributed by atoms with Gasteiger partial charge in [-0.2, -0.15) is 0 Å². The standard InChI is InChI=1S/C18H21NO4S2/c1-3-25(21,22)17-10-4-14(5-11-17)19-18(20)12-13-24-16-8-6-15(23-2)7-9-16/h4-11H,3,12-13H2,1-2H3,(H,19,20). The van der Waals surface area contributed by atoms with Crippen molar-refractivity contribution in [2.75, 3.05) is 23.9 Å². The second-order valence-corrected chi connectivity index (χ2v) is 8.70. The molecule has 134 valence electrons. The molecule has 2 aromatic rings. The lowest BCUT2D eigenvalue weighted by Gasteiger charge is -2.07. The van der Waals surface area contributed by atoms with Crippen molar-refractivity contribution in [1.29, 1.82) is 0 Å². The highest BCUT2D eigenvalue weighted by Gasteiger charge is 2.11. The van der Waals surface area contributed by atoms with Gasteiger partial charge in [0.2, 0.25) is 5.91 Å². The molecule has 0 aromatic heterocycles. The Morgan fingerprint density at radius 1 is 1.08 bits per heavy atom. The van der Waals surface area contributed by atoms with Crippen LogP contribution < -0.4 is 10.1 Å². The lowest BCUT2D eigenvalue weighted by Crippen LogP contribution is -2.12. The minimum Gasteiger partial charge on any atom is -0.497 e. The maximum atomic E-state index is 12.0. The number of ether oxygens (including phenoxy) is 1. The van der Waals surface area contributed by atoms with Crippen molar-refractivity contribution in [1.82, 2.24) is 0 Å². The molecule has 0 aliphatic rings. The molecule has 7 heteroatoms. The highest BCUT2D eigenvalue weighted by molar-refractivity contribution is 7.99. The SMILES string of the molecule is CCS(=O)(=O)c1ccc(NC(=O)CCSc2ccc(OC)cc2)cc1. The van der Waals surface area contributed by atoms with Crippen LogP contribution in [-0.4, -0.2) is 32.9 Å². The van der Waals surface area contributed by atoms with Crippen LogP contribution in [0.1, 0.15) is 13.3 Å². The normalized spacial score (nSPS) is 11.1. The molecule has 1 amide bonds. The van der Waals surface area contributed by atoms with Crippen LogP contribution in [0.25, 0.3) is 0 Å². The second kappa shape index (κ2) is 8.92. The molecule has 0 bridgehead atoms. The summed E-state index contributed by atoms with van der Waals surface area (Å²) in [4.78, 5) is 13.3. The van der Waals surface area contributed by atoms with E-state index in [-0.39, 0.29) is 16.6 Å². The average Bonchev–Trinajstić information content (AvgIpc) is 2.62. The van der Waals surface area contributed by atoms with Crippen LogP contribution in [0.3, 0.4) is 0 Å². The van der Waals surface area contributed by atoms with E-state index in [1.54, 1.807) is 37.9 Å². The van der Waals surface area contributed by atoms with E-state index in [2.05, 4.69) is 5.32 Å². The molecule has 25 heavy (non-hydrogen) atoms. The van der Waals surface area contributed by atoms with Gasteiger partial charge in [0.05, 0.1) is 17.8 Å². The molecule has 2 rings (SSSR count). The Hall–Kier alpha value is -1.99. The molecule has 0 saturated carbocycles. The molecule has 2 aromatic carbocycles. The minimum absolute atomic E-state index is 0.0568. The van der Waals surface area contributed by atoms with Crippen molar-refractivity contribution < 1.29 is 17.9 Å². The van der Waals surface area contributed by atoms with Gasteiger partial charge in [-0.15, -0.1) is 11.8 Å². The summed E-state index contributed by atoms with van der Waals surface area (Å²) in [6.07, 6.45) is 0.367. The van der Waals surface area contributed by atoms with Crippen LogP contribution in [0.5, 0.6) is 5.75 Å². The Bertz CT molecular complexity index is 800. The van der Waals surface area contributed by atoms with Gasteiger partial charge in [-0.05, 0) is 48.5 Å². The van der Waals surface area contributed by atoms with E-state index in [1.165, 1.54) is 12.1 Å². The summed E-state index contributed by atoms with van der Waals surface area (Å²) in [6.45, 7) is 1.60. The van der Waals surface area contributed by atoms with Crippen molar-refractivity contribution in [3.63, 3.8) is 0 Å². The number of amides is 1. The molecule has 0 heterocycles. The zero-order chi connectivity index (χ0) is 18.3. The first-order chi connectivity index (χ1) is 11.9. The number of methoxy groups -OCH3 is 1. The molecule has 1 N–H and O–H groups in total. The predicted octanol–water partition coefficient (Wildman–Crippen LogP) is 3.61. The fourth-order valence-corrected chi connectivity index (χ4v) is 3.81. The van der Waals surface area contributed by atoms with Gasteiger partial charge < -0.3 is 10.1 Å². The molecule has 0 radical (unpaired) electrons. The minimum atomic E-state index is -3.22. The van der Waals surface area contributed by atoms with E-state index >= 15 is 0 Å². The maximum Gasteiger partial charge on any atom is 0.225 e. The van der Waals surface area contributed by atoms with Crippen LogP contribution >= 0.6 is 11.8 Å². The van der Waals surface area contributed by atoms with Crippen LogP contribution in [0, 0.1) is 0 Å². The number of hydrogen-bond donors (Lipinski definition) is 1. The van der Waals surface area contributed by atoms with Crippen molar-refractivity contribution in [3.05, 3.63) is 48.5 Å². The van der Waals surface area contributed by atoms with Crippen LogP contribution in [-0.2, 0) is 14.6 Å². The molecule has 0 spiro atoms. The van der Waals surface area contributed by atoms with E-state index in [0.29, 0.717) is 17.9 Å². The Balaban J connectivity index is 1.81. The largest absolute Gasteiger partial charge is 0.497 e. The zero-order valence-corrected chi connectivity index (χ0v) is 15.8. The first-order valence-corrected chi connectivity index (χ1v) is 10.5. The van der Waals surface area contributed by atoms with E-state index in [1.807, 2.05) is 24.3 Å². The Kier molecular flexibility index (Phi) is 6.90. The lowest BCUT2D eigenvalue weighted by atomic mass is 10.3. The molecular formula is C18H21NO4S2. The topological polar surface area (TPSA) is 72.5 Å². The van der Waals surface area contributed by atoms with Crippen molar-refractivity contribution in [3.8, 4) is 5.75 Å². The Morgan fingerprint density at radius 3 is 2.28 bits per heavy atom. The third kappa shape index (κ3) is 5.79. The number of benzene rings is 2. The van der Waals surface area contributed by atoms with E-state index in [0.717, 1.165) is 10.6 Å². The van der Waals surface area contributed by atoms with Gasteiger partial charge in [-0.1, -0.05) is 6.92 Å². The summed E-state index contributed by atoms with van der Waals surface area (Å²) in [5.74, 6) is 1.41. The fourth-order valence-electron chi connectivity index (χ4n) is 2.07. The monoisotopic (exact) mass is 379 g/mol. The first kappa shape index (κ1) is 19.3. The highest BCUT2D eigenvalue weighted by Crippen LogP contribution is 2.22. The highest BCUT2D eigenvalue weighted by atomic mass is 32.2. The maximum absolute atomic E-state index is 12.0. The number of hydrogen-bond acceptors (Lipinski definition) is 5. The van der Waals surface area contributed by atoms with E-state index in [4.69, 9.17) is 4.74 Å². The second-order valence-electron chi connectivity index (χ2n) is 5.25. The Labute approximate surface area is 152 Å². The van der Waals surface area contributed by atoms with Gasteiger partial charge in [-0.25, -0.2) is 8.42 Å². The van der Waals surface area contributed by atoms with Gasteiger partial charge in [0.25, 0.3) is 0 Å². The molecule has 0 atom stereocenters. The van der Waals surface area contributed by atoms with Crippen LogP contribution in [0.4, 0.5) is 5.69 Å². The Morgan fingerprint density at radius 2 is 1.72 bits per heavy atom. The lowest BCUT2D eigenvalue weighted by molar-refractivity contribution is -0.115. The quantitative estimate of drug-likeness (QED) is 0.710. The number of carbonyl (C=O) groups excluding carboxylic acids is 1. The number of sulfone groups is 1. The summed E-state index contributed by atoms with van der Waals surface area (Å²) >= 11 is 1.59. The summed E-state index contributed by atoms with van der Waals surface area (Å²) in [5.41, 5.74) is 0.592. The zero-order valence-electron chi connectivity index (χ0n) is 14.2. The average molecular weight is 380 g/mol. The third-order valence-electron chi connectivity index (χ3n) is 3.53. The summed E-state index contributed by atoms with van der Waals surface area (Å²) in [6, 6.07) is 13.9. The van der Waals surface area contributed by atoms with Gasteiger partial charge in [0.1, 0.15) is 5.75 Å². The summed E-state index contributed by atoms with van der Waals surface area (Å²) < 4.78 is 28.6. The fraction of sp³-hybridized carbons (Fsp3) is 0.278.